The molecule has 0 spiro atoms. The number of anilines is 1. The quantitative estimate of drug-likeness (QED) is 0.633. The van der Waals surface area contributed by atoms with E-state index in [4.69, 9.17) is 10.5 Å². The molecule has 0 saturated heterocycles. The number of rotatable bonds is 4. The molecule has 2 N–H and O–H groups in total. The second-order valence-electron chi connectivity index (χ2n) is 4.02. The van der Waals surface area contributed by atoms with E-state index in [1.807, 2.05) is 13.8 Å². The van der Waals surface area contributed by atoms with Gasteiger partial charge in [-0.3, -0.25) is 0 Å². The van der Waals surface area contributed by atoms with Crippen LogP contribution in [0.5, 0.6) is 0 Å². The molecule has 88 valence electrons. The Labute approximate surface area is 94.4 Å². The molecular weight excluding hydrogens is 209 g/mol. The van der Waals surface area contributed by atoms with Gasteiger partial charge in [0.25, 0.3) is 0 Å². The van der Waals surface area contributed by atoms with Gasteiger partial charge in [-0.15, -0.1) is 0 Å². The first-order valence-electron chi connectivity index (χ1n) is 5.23. The Morgan fingerprint density at radius 1 is 1.50 bits per heavy atom. The summed E-state index contributed by atoms with van der Waals surface area (Å²) >= 11 is 0. The molecule has 16 heavy (non-hydrogen) atoms. The molecule has 3 nitrogen and oxygen atoms in total. The van der Waals surface area contributed by atoms with Crippen molar-refractivity contribution in [1.82, 2.24) is 0 Å². The van der Waals surface area contributed by atoms with E-state index in [0.29, 0.717) is 12.5 Å². The molecule has 0 saturated carbocycles. The molecule has 0 heterocycles. The molecule has 0 amide bonds. The lowest BCUT2D eigenvalue weighted by Crippen LogP contribution is -2.11. The smallest absolute Gasteiger partial charge is 0.340 e. The maximum atomic E-state index is 13.1. The molecule has 0 bridgehead atoms. The molecule has 0 aromatic heterocycles. The van der Waals surface area contributed by atoms with Crippen LogP contribution < -0.4 is 5.73 Å². The van der Waals surface area contributed by atoms with Crippen molar-refractivity contribution < 1.29 is 13.9 Å². The maximum Gasteiger partial charge on any atom is 0.340 e. The lowest BCUT2D eigenvalue weighted by Gasteiger charge is -2.08. The van der Waals surface area contributed by atoms with Crippen LogP contribution in [-0.4, -0.2) is 12.6 Å². The maximum absolute atomic E-state index is 13.1. The van der Waals surface area contributed by atoms with Gasteiger partial charge in [-0.2, -0.15) is 0 Å². The first-order chi connectivity index (χ1) is 7.52. The third-order valence-electron chi connectivity index (χ3n) is 2.20. The van der Waals surface area contributed by atoms with Gasteiger partial charge in [-0.05, 0) is 24.5 Å². The number of carbonyl (C=O) groups excluding carboxylic acids is 1. The second-order valence-corrected chi connectivity index (χ2v) is 4.02. The predicted octanol–water partition coefficient (Wildman–Crippen LogP) is 2.61. The van der Waals surface area contributed by atoms with Crippen LogP contribution in [0.2, 0.25) is 0 Å². The average Bonchev–Trinajstić information content (AvgIpc) is 2.21. The number of para-hydroxylation sites is 1. The van der Waals surface area contributed by atoms with Crippen molar-refractivity contribution >= 4 is 11.7 Å². The Balaban J connectivity index is 2.63. The van der Waals surface area contributed by atoms with Gasteiger partial charge >= 0.3 is 5.97 Å². The highest BCUT2D eigenvalue weighted by Gasteiger charge is 2.13. The van der Waals surface area contributed by atoms with Gasteiger partial charge in [0.2, 0.25) is 0 Å². The van der Waals surface area contributed by atoms with Crippen LogP contribution >= 0.6 is 0 Å². The Morgan fingerprint density at radius 3 is 2.81 bits per heavy atom. The summed E-state index contributed by atoms with van der Waals surface area (Å²) in [4.78, 5) is 11.5. The summed E-state index contributed by atoms with van der Waals surface area (Å²) in [7, 11) is 0. The topological polar surface area (TPSA) is 52.3 Å². The van der Waals surface area contributed by atoms with Crippen molar-refractivity contribution in [3.63, 3.8) is 0 Å². The van der Waals surface area contributed by atoms with Crippen LogP contribution in [0.3, 0.4) is 0 Å². The molecular formula is C12H16FNO2. The third-order valence-corrected chi connectivity index (χ3v) is 2.20. The molecule has 0 fully saturated rings. The summed E-state index contributed by atoms with van der Waals surface area (Å²) in [5.41, 5.74) is 5.37. The SMILES string of the molecule is CC(C)CCOC(=O)c1cccc(F)c1N. The molecule has 1 aromatic carbocycles. The average molecular weight is 225 g/mol. The molecule has 0 radical (unpaired) electrons. The molecule has 0 aliphatic rings. The number of esters is 1. The van der Waals surface area contributed by atoms with Crippen molar-refractivity contribution in [2.45, 2.75) is 20.3 Å². The van der Waals surface area contributed by atoms with Crippen molar-refractivity contribution in [3.05, 3.63) is 29.6 Å². The van der Waals surface area contributed by atoms with E-state index in [2.05, 4.69) is 0 Å². The van der Waals surface area contributed by atoms with Crippen molar-refractivity contribution in [2.24, 2.45) is 5.92 Å². The summed E-state index contributed by atoms with van der Waals surface area (Å²) in [6.07, 6.45) is 0.779. The van der Waals surface area contributed by atoms with Crippen LogP contribution in [0.4, 0.5) is 10.1 Å². The van der Waals surface area contributed by atoms with E-state index in [0.717, 1.165) is 6.42 Å². The number of hydrogen-bond acceptors (Lipinski definition) is 3. The van der Waals surface area contributed by atoms with Crippen LogP contribution in [-0.2, 0) is 4.74 Å². The standard InChI is InChI=1S/C12H16FNO2/c1-8(2)6-7-16-12(15)9-4-3-5-10(13)11(9)14/h3-5,8H,6-7,14H2,1-2H3. The summed E-state index contributed by atoms with van der Waals surface area (Å²) in [5, 5.41) is 0. The summed E-state index contributed by atoms with van der Waals surface area (Å²) in [5.74, 6) is -0.714. The first kappa shape index (κ1) is 12.5. The fourth-order valence-corrected chi connectivity index (χ4v) is 1.18. The van der Waals surface area contributed by atoms with Crippen molar-refractivity contribution in [2.75, 3.05) is 12.3 Å². The molecule has 4 heteroatoms. The molecule has 1 aromatic rings. The third kappa shape index (κ3) is 3.22. The number of benzene rings is 1. The predicted molar refractivity (Wildman–Crippen MR) is 60.5 cm³/mol. The summed E-state index contributed by atoms with van der Waals surface area (Å²) in [6, 6.07) is 4.10. The van der Waals surface area contributed by atoms with Crippen molar-refractivity contribution in [1.29, 1.82) is 0 Å². The molecule has 0 aliphatic carbocycles. The monoisotopic (exact) mass is 225 g/mol. The van der Waals surface area contributed by atoms with Gasteiger partial charge in [0.15, 0.2) is 0 Å². The minimum Gasteiger partial charge on any atom is -0.462 e. The van der Waals surface area contributed by atoms with E-state index in [1.54, 1.807) is 0 Å². The second kappa shape index (κ2) is 5.49. The van der Waals surface area contributed by atoms with Gasteiger partial charge in [0.1, 0.15) is 5.82 Å². The van der Waals surface area contributed by atoms with E-state index < -0.39 is 11.8 Å². The lowest BCUT2D eigenvalue weighted by molar-refractivity contribution is 0.0489. The van der Waals surface area contributed by atoms with Crippen molar-refractivity contribution in [3.8, 4) is 0 Å². The first-order valence-corrected chi connectivity index (χ1v) is 5.23. The lowest BCUT2D eigenvalue weighted by atomic mass is 10.1. The number of carbonyl (C=O) groups is 1. The van der Waals surface area contributed by atoms with E-state index in [-0.39, 0.29) is 11.3 Å². The van der Waals surface area contributed by atoms with Crippen LogP contribution in [0, 0.1) is 11.7 Å². The largest absolute Gasteiger partial charge is 0.462 e. The zero-order chi connectivity index (χ0) is 12.1. The van der Waals surface area contributed by atoms with Gasteiger partial charge in [0.05, 0.1) is 17.9 Å². The van der Waals surface area contributed by atoms with Crippen LogP contribution in [0.25, 0.3) is 0 Å². The molecule has 0 atom stereocenters. The van der Waals surface area contributed by atoms with E-state index in [1.165, 1.54) is 18.2 Å². The number of nitrogen functional groups attached to an aromatic ring is 1. The number of hydrogen-bond donors (Lipinski definition) is 1. The van der Waals surface area contributed by atoms with E-state index >= 15 is 0 Å². The number of ether oxygens (including phenoxy) is 1. The number of nitrogens with two attached hydrogens (primary N) is 1. The summed E-state index contributed by atoms with van der Waals surface area (Å²) in [6.45, 7) is 4.39. The number of halogens is 1. The van der Waals surface area contributed by atoms with Gasteiger partial charge in [0, 0.05) is 0 Å². The fourth-order valence-electron chi connectivity index (χ4n) is 1.18. The Kier molecular flexibility index (Phi) is 4.28. The van der Waals surface area contributed by atoms with E-state index in [9.17, 15) is 9.18 Å². The molecule has 0 unspecified atom stereocenters. The Bertz CT molecular complexity index is 377. The van der Waals surface area contributed by atoms with Crippen LogP contribution in [0.1, 0.15) is 30.6 Å². The van der Waals surface area contributed by atoms with Crippen LogP contribution in [0.15, 0.2) is 18.2 Å². The Hall–Kier alpha value is -1.58. The van der Waals surface area contributed by atoms with Gasteiger partial charge in [-0.25, -0.2) is 9.18 Å². The minimum atomic E-state index is -0.599. The fraction of sp³-hybridized carbons (Fsp3) is 0.417. The summed E-state index contributed by atoms with van der Waals surface area (Å²) < 4.78 is 18.0. The van der Waals surface area contributed by atoms with Gasteiger partial charge in [-0.1, -0.05) is 19.9 Å². The van der Waals surface area contributed by atoms with Gasteiger partial charge < -0.3 is 10.5 Å². The minimum absolute atomic E-state index is 0.0868. The molecule has 1 rings (SSSR count). The highest BCUT2D eigenvalue weighted by Crippen LogP contribution is 2.16. The zero-order valence-electron chi connectivity index (χ0n) is 9.50. The highest BCUT2D eigenvalue weighted by atomic mass is 19.1. The highest BCUT2D eigenvalue weighted by molar-refractivity contribution is 5.95. The molecule has 0 aliphatic heterocycles. The normalized spacial score (nSPS) is 10.5. The zero-order valence-corrected chi connectivity index (χ0v) is 9.50. The Morgan fingerprint density at radius 2 is 2.19 bits per heavy atom.